The van der Waals surface area contributed by atoms with Crippen molar-refractivity contribution in [3.05, 3.63) is 91.4 Å². The molecule has 0 unspecified atom stereocenters. The maximum atomic E-state index is 14.5. The average Bonchev–Trinajstić information content (AvgIpc) is 3.89. The SMILES string of the molecule is CCCCCCc1c(-c2cccs2)sc2c1C(=O)c1c-2sc(-c2ccc(C(=O)c3c(F)c(F)c(F)c(F)c3F)s2)c1CCCCCC. The quantitative estimate of drug-likeness (QED) is 0.0369. The van der Waals surface area contributed by atoms with E-state index in [2.05, 4.69) is 19.9 Å². The molecule has 0 N–H and O–H groups in total. The van der Waals surface area contributed by atoms with Crippen LogP contribution in [-0.4, -0.2) is 11.6 Å². The third-order valence-corrected chi connectivity index (χ3v) is 13.4. The van der Waals surface area contributed by atoms with E-state index < -0.39 is 40.4 Å². The minimum atomic E-state index is -2.31. The van der Waals surface area contributed by atoms with Gasteiger partial charge in [0.05, 0.1) is 14.6 Å². The normalized spacial score (nSPS) is 12.3. The Morgan fingerprint density at radius 2 is 1.15 bits per heavy atom. The summed E-state index contributed by atoms with van der Waals surface area (Å²) in [5.41, 5.74) is 2.01. The van der Waals surface area contributed by atoms with Gasteiger partial charge >= 0.3 is 0 Å². The number of unbranched alkanes of at least 4 members (excludes halogenated alkanes) is 6. The standard InChI is InChI=1S/C36H31F5O2S4/c1-3-5-7-9-12-18-23-32(43)24-19(13-10-8-6-4-2)34(47-36(24)35(23)46-33(18)21-14-11-17-44-21)22-16-15-20(45-22)31(42)25-26(37)28(39)30(41)29(40)27(25)38/h11,14-17H,3-10,12-13H2,1-2H3. The summed E-state index contributed by atoms with van der Waals surface area (Å²) in [6.07, 6.45) is 9.77. The molecule has 4 aromatic heterocycles. The number of benzene rings is 1. The van der Waals surface area contributed by atoms with E-state index in [4.69, 9.17) is 0 Å². The molecule has 2 nitrogen and oxygen atoms in total. The third-order valence-electron chi connectivity index (χ3n) is 8.47. The van der Waals surface area contributed by atoms with Gasteiger partial charge in [-0.05, 0) is 60.4 Å². The van der Waals surface area contributed by atoms with Crippen molar-refractivity contribution in [2.24, 2.45) is 0 Å². The molecule has 0 amide bonds. The lowest BCUT2D eigenvalue weighted by molar-refractivity contribution is 0.102. The molecule has 47 heavy (non-hydrogen) atoms. The van der Waals surface area contributed by atoms with Crippen LogP contribution in [-0.2, 0) is 12.8 Å². The summed E-state index contributed by atoms with van der Waals surface area (Å²) < 4.78 is 70.5. The molecule has 0 aliphatic heterocycles. The number of halogens is 5. The van der Waals surface area contributed by atoms with Crippen molar-refractivity contribution in [1.82, 2.24) is 0 Å². The van der Waals surface area contributed by atoms with Gasteiger partial charge in [-0.25, -0.2) is 22.0 Å². The second-order valence-corrected chi connectivity index (χ2v) is 15.7. The highest BCUT2D eigenvalue weighted by Gasteiger charge is 2.39. The van der Waals surface area contributed by atoms with Crippen molar-refractivity contribution in [2.45, 2.75) is 78.1 Å². The first-order valence-electron chi connectivity index (χ1n) is 15.8. The van der Waals surface area contributed by atoms with Crippen LogP contribution < -0.4 is 0 Å². The summed E-state index contributed by atoms with van der Waals surface area (Å²) in [6, 6.07) is 7.06. The maximum Gasteiger partial charge on any atom is 0.209 e. The molecule has 0 spiro atoms. The fourth-order valence-electron chi connectivity index (χ4n) is 6.10. The smallest absolute Gasteiger partial charge is 0.209 e. The summed E-state index contributed by atoms with van der Waals surface area (Å²) in [6.45, 7) is 4.29. The van der Waals surface area contributed by atoms with Crippen LogP contribution in [0.5, 0.6) is 0 Å². The molecule has 0 atom stereocenters. The van der Waals surface area contributed by atoms with Crippen LogP contribution in [0.15, 0.2) is 29.6 Å². The summed E-state index contributed by atoms with van der Waals surface area (Å²) in [5.74, 6) is -12.2. The minimum Gasteiger partial charge on any atom is -0.288 e. The van der Waals surface area contributed by atoms with Crippen LogP contribution in [0, 0.1) is 29.1 Å². The lowest BCUT2D eigenvalue weighted by Gasteiger charge is -2.08. The molecule has 1 aliphatic carbocycles. The average molecular weight is 719 g/mol. The number of fused-ring (bicyclic) bond motifs is 3. The van der Waals surface area contributed by atoms with Gasteiger partial charge in [0.1, 0.15) is 5.56 Å². The van der Waals surface area contributed by atoms with Crippen LogP contribution in [0.2, 0.25) is 0 Å². The zero-order chi connectivity index (χ0) is 33.4. The van der Waals surface area contributed by atoms with E-state index in [1.807, 2.05) is 11.4 Å². The lowest BCUT2D eigenvalue weighted by atomic mass is 9.96. The molecule has 0 saturated carbocycles. The fourth-order valence-corrected chi connectivity index (χ4v) is 10.9. The summed E-state index contributed by atoms with van der Waals surface area (Å²) >= 11 is 5.69. The molecule has 0 bridgehead atoms. The predicted octanol–water partition coefficient (Wildman–Crippen LogP) is 12.7. The minimum absolute atomic E-state index is 0.0156. The molecular weight excluding hydrogens is 688 g/mol. The summed E-state index contributed by atoms with van der Waals surface area (Å²) in [5, 5.41) is 2.04. The van der Waals surface area contributed by atoms with Gasteiger partial charge in [-0.3, -0.25) is 9.59 Å². The molecule has 0 radical (unpaired) electrons. The van der Waals surface area contributed by atoms with Crippen molar-refractivity contribution in [2.75, 3.05) is 0 Å². The number of rotatable bonds is 14. The zero-order valence-electron chi connectivity index (χ0n) is 25.8. The first-order valence-corrected chi connectivity index (χ1v) is 19.1. The molecule has 5 aromatic rings. The number of carbonyl (C=O) groups excluding carboxylic acids is 2. The summed E-state index contributed by atoms with van der Waals surface area (Å²) in [7, 11) is 0. The van der Waals surface area contributed by atoms with E-state index >= 15 is 0 Å². The number of thiophene rings is 4. The Labute approximate surface area is 285 Å². The first kappa shape index (κ1) is 33.9. The number of hydrogen-bond acceptors (Lipinski definition) is 6. The number of hydrogen-bond donors (Lipinski definition) is 0. The Kier molecular flexibility index (Phi) is 10.3. The topological polar surface area (TPSA) is 34.1 Å². The van der Waals surface area contributed by atoms with Gasteiger partial charge < -0.3 is 0 Å². The van der Waals surface area contributed by atoms with E-state index in [0.29, 0.717) is 16.9 Å². The van der Waals surface area contributed by atoms with Crippen LogP contribution in [0.1, 0.15) is 107 Å². The number of ketones is 2. The van der Waals surface area contributed by atoms with Gasteiger partial charge in [0.25, 0.3) is 0 Å². The van der Waals surface area contributed by atoms with E-state index in [-0.39, 0.29) is 10.7 Å². The van der Waals surface area contributed by atoms with Crippen molar-refractivity contribution >= 4 is 56.9 Å². The third kappa shape index (κ3) is 6.09. The molecule has 6 rings (SSSR count). The second kappa shape index (κ2) is 14.2. The van der Waals surface area contributed by atoms with Crippen molar-refractivity contribution in [3.8, 4) is 29.3 Å². The van der Waals surface area contributed by atoms with E-state index in [1.165, 1.54) is 17.4 Å². The summed E-state index contributed by atoms with van der Waals surface area (Å²) in [4.78, 5) is 32.9. The van der Waals surface area contributed by atoms with Crippen molar-refractivity contribution in [1.29, 1.82) is 0 Å². The fraction of sp³-hybridized carbons (Fsp3) is 0.333. The van der Waals surface area contributed by atoms with Crippen molar-refractivity contribution < 1.29 is 31.5 Å². The molecular formula is C36H31F5O2S4. The Morgan fingerprint density at radius 3 is 1.66 bits per heavy atom. The van der Waals surface area contributed by atoms with Crippen LogP contribution in [0.3, 0.4) is 0 Å². The van der Waals surface area contributed by atoms with Gasteiger partial charge in [0, 0.05) is 30.6 Å². The van der Waals surface area contributed by atoms with Crippen molar-refractivity contribution in [3.63, 3.8) is 0 Å². The lowest BCUT2D eigenvalue weighted by Crippen LogP contribution is -2.12. The molecule has 1 aromatic carbocycles. The second-order valence-electron chi connectivity index (χ2n) is 11.6. The predicted molar refractivity (Wildman–Crippen MR) is 183 cm³/mol. The van der Waals surface area contributed by atoms with E-state index in [9.17, 15) is 31.5 Å². The van der Waals surface area contributed by atoms with Crippen LogP contribution in [0.4, 0.5) is 22.0 Å². The molecule has 4 heterocycles. The van der Waals surface area contributed by atoms with Crippen LogP contribution >= 0.6 is 45.3 Å². The molecule has 11 heteroatoms. The highest BCUT2D eigenvalue weighted by atomic mass is 32.1. The van der Waals surface area contributed by atoms with E-state index in [0.717, 1.165) is 110 Å². The Morgan fingerprint density at radius 1 is 0.617 bits per heavy atom. The molecule has 0 saturated heterocycles. The Bertz CT molecular complexity index is 1940. The maximum absolute atomic E-state index is 14.5. The highest BCUT2D eigenvalue weighted by Crippen LogP contribution is 2.56. The van der Waals surface area contributed by atoms with Gasteiger partial charge in [0.15, 0.2) is 29.1 Å². The van der Waals surface area contributed by atoms with Gasteiger partial charge in [0.2, 0.25) is 11.6 Å². The van der Waals surface area contributed by atoms with Gasteiger partial charge in [-0.1, -0.05) is 58.4 Å². The zero-order valence-corrected chi connectivity index (χ0v) is 29.1. The highest BCUT2D eigenvalue weighted by molar-refractivity contribution is 7.29. The van der Waals surface area contributed by atoms with Gasteiger partial charge in [-0.2, -0.15) is 0 Å². The molecule has 246 valence electrons. The molecule has 1 aliphatic rings. The Hall–Kier alpha value is -2.99. The first-order chi connectivity index (χ1) is 22.7. The van der Waals surface area contributed by atoms with E-state index in [1.54, 1.807) is 28.7 Å². The monoisotopic (exact) mass is 718 g/mol. The van der Waals surface area contributed by atoms with Crippen LogP contribution in [0.25, 0.3) is 29.3 Å². The Balaban J connectivity index is 1.43. The molecule has 0 fully saturated rings. The van der Waals surface area contributed by atoms with Gasteiger partial charge in [-0.15, -0.1) is 45.3 Å². The largest absolute Gasteiger partial charge is 0.288 e. The number of carbonyl (C=O) groups is 2.